The van der Waals surface area contributed by atoms with Crippen molar-refractivity contribution in [2.75, 3.05) is 0 Å². The Bertz CT molecular complexity index is 894. The molecule has 0 saturated carbocycles. The van der Waals surface area contributed by atoms with Crippen molar-refractivity contribution in [3.05, 3.63) is 59.7 Å². The van der Waals surface area contributed by atoms with E-state index in [0.29, 0.717) is 0 Å². The van der Waals surface area contributed by atoms with E-state index < -0.39 is 0 Å². The van der Waals surface area contributed by atoms with Gasteiger partial charge in [0.05, 0.1) is 0 Å². The summed E-state index contributed by atoms with van der Waals surface area (Å²) in [6, 6.07) is 12.2. The minimum atomic E-state index is 0.745. The first kappa shape index (κ1) is 12.3. The molecule has 102 valence electrons. The number of aromatic amines is 1. The molecule has 0 fully saturated rings. The molecule has 0 aliphatic heterocycles. The lowest BCUT2D eigenvalue weighted by molar-refractivity contribution is 0.845. The molecule has 0 bridgehead atoms. The van der Waals surface area contributed by atoms with E-state index in [0.717, 1.165) is 27.1 Å². The van der Waals surface area contributed by atoms with Crippen LogP contribution in [0.5, 0.6) is 0 Å². The number of aromatic nitrogens is 5. The first-order valence-electron chi connectivity index (χ1n) is 6.39. The first-order valence-corrected chi connectivity index (χ1v) is 7.18. The second-order valence-corrected chi connectivity index (χ2v) is 5.58. The van der Waals surface area contributed by atoms with E-state index in [1.54, 1.807) is 11.0 Å². The van der Waals surface area contributed by atoms with Gasteiger partial charge in [-0.15, -0.1) is 0 Å². The summed E-state index contributed by atoms with van der Waals surface area (Å²) in [4.78, 5) is 11.7. The Hall–Kier alpha value is -2.47. The fraction of sp³-hybridized carbons (Fsp3) is 0. The fourth-order valence-electron chi connectivity index (χ4n) is 2.27. The molecule has 3 heterocycles. The van der Waals surface area contributed by atoms with E-state index in [1.807, 2.05) is 24.4 Å². The minimum absolute atomic E-state index is 0.745. The Morgan fingerprint density at radius 2 is 2.05 bits per heavy atom. The molecule has 0 saturated heterocycles. The zero-order valence-corrected chi connectivity index (χ0v) is 12.4. The number of pyridine rings is 1. The van der Waals surface area contributed by atoms with Crippen molar-refractivity contribution in [3.8, 4) is 17.1 Å². The van der Waals surface area contributed by atoms with Crippen LogP contribution in [0.4, 0.5) is 0 Å². The molecule has 0 aliphatic rings. The lowest BCUT2D eigenvalue weighted by Crippen LogP contribution is -1.97. The molecule has 6 heteroatoms. The molecule has 0 unspecified atom stereocenters. The van der Waals surface area contributed by atoms with Crippen molar-refractivity contribution in [1.82, 2.24) is 24.7 Å². The molecule has 4 aromatic rings. The number of hydrogen-bond acceptors (Lipinski definition) is 3. The SMILES string of the molecule is Brc1ccc2[nH]c(-c3ccc(-n4cncn4)nc3)cc2c1. The molecule has 0 amide bonds. The molecule has 21 heavy (non-hydrogen) atoms. The highest BCUT2D eigenvalue weighted by Gasteiger charge is 2.05. The highest BCUT2D eigenvalue weighted by molar-refractivity contribution is 9.10. The Balaban J connectivity index is 1.74. The van der Waals surface area contributed by atoms with Crippen molar-refractivity contribution in [1.29, 1.82) is 0 Å². The molecule has 1 aromatic carbocycles. The number of hydrogen-bond donors (Lipinski definition) is 1. The van der Waals surface area contributed by atoms with Gasteiger partial charge in [0, 0.05) is 32.8 Å². The van der Waals surface area contributed by atoms with Gasteiger partial charge in [0.2, 0.25) is 0 Å². The van der Waals surface area contributed by atoms with Crippen LogP contribution in [0.3, 0.4) is 0 Å². The summed E-state index contributed by atoms with van der Waals surface area (Å²) >= 11 is 3.49. The number of benzene rings is 1. The third-order valence-electron chi connectivity index (χ3n) is 3.30. The Morgan fingerprint density at radius 1 is 1.10 bits per heavy atom. The summed E-state index contributed by atoms with van der Waals surface area (Å²) in [7, 11) is 0. The van der Waals surface area contributed by atoms with E-state index in [-0.39, 0.29) is 0 Å². The number of nitrogens with one attached hydrogen (secondary N) is 1. The van der Waals surface area contributed by atoms with Gasteiger partial charge in [-0.05, 0) is 36.4 Å². The van der Waals surface area contributed by atoms with Crippen LogP contribution in [-0.4, -0.2) is 24.7 Å². The van der Waals surface area contributed by atoms with Crippen molar-refractivity contribution in [2.24, 2.45) is 0 Å². The zero-order valence-electron chi connectivity index (χ0n) is 10.9. The first-order chi connectivity index (χ1) is 10.3. The third kappa shape index (κ3) is 2.23. The number of fused-ring (bicyclic) bond motifs is 1. The summed E-state index contributed by atoms with van der Waals surface area (Å²) in [5.41, 5.74) is 3.18. The molecule has 0 spiro atoms. The van der Waals surface area contributed by atoms with Crippen LogP contribution in [0.25, 0.3) is 28.0 Å². The van der Waals surface area contributed by atoms with Crippen molar-refractivity contribution in [3.63, 3.8) is 0 Å². The molecular weight excluding hydrogens is 330 g/mol. The van der Waals surface area contributed by atoms with Gasteiger partial charge in [-0.1, -0.05) is 15.9 Å². The number of nitrogens with zero attached hydrogens (tertiary/aromatic N) is 4. The van der Waals surface area contributed by atoms with Crippen molar-refractivity contribution in [2.45, 2.75) is 0 Å². The van der Waals surface area contributed by atoms with Crippen LogP contribution in [0.1, 0.15) is 0 Å². The normalized spacial score (nSPS) is 11.1. The summed E-state index contributed by atoms with van der Waals surface area (Å²) in [6.07, 6.45) is 4.95. The Morgan fingerprint density at radius 3 is 2.81 bits per heavy atom. The van der Waals surface area contributed by atoms with Crippen molar-refractivity contribution < 1.29 is 0 Å². The second-order valence-electron chi connectivity index (χ2n) is 4.66. The van der Waals surface area contributed by atoms with Crippen LogP contribution in [-0.2, 0) is 0 Å². The van der Waals surface area contributed by atoms with Gasteiger partial charge in [-0.3, -0.25) is 0 Å². The van der Waals surface area contributed by atoms with E-state index in [9.17, 15) is 0 Å². The molecule has 5 nitrogen and oxygen atoms in total. The van der Waals surface area contributed by atoms with E-state index in [2.05, 4.69) is 54.2 Å². The van der Waals surface area contributed by atoms with Crippen molar-refractivity contribution >= 4 is 26.8 Å². The molecule has 0 radical (unpaired) electrons. The van der Waals surface area contributed by atoms with Gasteiger partial charge in [0.15, 0.2) is 5.82 Å². The summed E-state index contributed by atoms with van der Waals surface area (Å²) in [5, 5.41) is 5.23. The van der Waals surface area contributed by atoms with Gasteiger partial charge < -0.3 is 4.98 Å². The van der Waals surface area contributed by atoms with Crippen LogP contribution < -0.4 is 0 Å². The average molecular weight is 340 g/mol. The number of H-pyrrole nitrogens is 1. The van der Waals surface area contributed by atoms with Gasteiger partial charge in [0.25, 0.3) is 0 Å². The van der Waals surface area contributed by atoms with Crippen LogP contribution in [0.15, 0.2) is 59.7 Å². The van der Waals surface area contributed by atoms with Crippen LogP contribution in [0.2, 0.25) is 0 Å². The van der Waals surface area contributed by atoms with E-state index >= 15 is 0 Å². The molecule has 1 N–H and O–H groups in total. The lowest BCUT2D eigenvalue weighted by atomic mass is 10.2. The maximum Gasteiger partial charge on any atom is 0.155 e. The smallest absolute Gasteiger partial charge is 0.155 e. The van der Waals surface area contributed by atoms with Gasteiger partial charge in [0.1, 0.15) is 12.7 Å². The molecule has 0 aliphatic carbocycles. The predicted octanol–water partition coefficient (Wildman–Crippen LogP) is 3.57. The molecule has 3 aromatic heterocycles. The Labute approximate surface area is 128 Å². The highest BCUT2D eigenvalue weighted by Crippen LogP contribution is 2.26. The zero-order chi connectivity index (χ0) is 14.2. The topological polar surface area (TPSA) is 59.4 Å². The summed E-state index contributed by atoms with van der Waals surface area (Å²) in [5.74, 6) is 0.745. The van der Waals surface area contributed by atoms with E-state index in [4.69, 9.17) is 0 Å². The van der Waals surface area contributed by atoms with Gasteiger partial charge >= 0.3 is 0 Å². The fourth-order valence-corrected chi connectivity index (χ4v) is 2.65. The summed E-state index contributed by atoms with van der Waals surface area (Å²) < 4.78 is 2.70. The molecule has 0 atom stereocenters. The molecule has 4 rings (SSSR count). The quantitative estimate of drug-likeness (QED) is 0.607. The maximum absolute atomic E-state index is 4.42. The van der Waals surface area contributed by atoms with Crippen LogP contribution >= 0.6 is 15.9 Å². The Kier molecular flexibility index (Phi) is 2.82. The monoisotopic (exact) mass is 339 g/mol. The van der Waals surface area contributed by atoms with E-state index in [1.165, 1.54) is 11.7 Å². The average Bonchev–Trinajstić information content (AvgIpc) is 3.16. The molecular formula is C15H10BrN5. The largest absolute Gasteiger partial charge is 0.354 e. The second kappa shape index (κ2) is 4.82. The summed E-state index contributed by atoms with van der Waals surface area (Å²) in [6.45, 7) is 0. The number of halogens is 1. The maximum atomic E-state index is 4.42. The van der Waals surface area contributed by atoms with Crippen LogP contribution in [0, 0.1) is 0 Å². The number of rotatable bonds is 2. The lowest BCUT2D eigenvalue weighted by Gasteiger charge is -2.01. The standard InChI is InChI=1S/C15H10BrN5/c16-12-2-3-13-11(5-12)6-14(20-13)10-1-4-15(18-7-10)21-9-17-8-19-21/h1-9,20H. The van der Waals surface area contributed by atoms with Gasteiger partial charge in [-0.2, -0.15) is 5.10 Å². The predicted molar refractivity (Wildman–Crippen MR) is 84.1 cm³/mol. The third-order valence-corrected chi connectivity index (χ3v) is 3.79. The van der Waals surface area contributed by atoms with Gasteiger partial charge in [-0.25, -0.2) is 14.6 Å². The highest BCUT2D eigenvalue weighted by atomic mass is 79.9. The minimum Gasteiger partial charge on any atom is -0.354 e.